The number of carbonyl (C=O) groups excluding carboxylic acids is 1. The Balaban J connectivity index is 1.91. The number of rotatable bonds is 6. The summed E-state index contributed by atoms with van der Waals surface area (Å²) in [6, 6.07) is 15.4. The van der Waals surface area contributed by atoms with Gasteiger partial charge in [0.1, 0.15) is 5.75 Å². The first kappa shape index (κ1) is 18.3. The van der Waals surface area contributed by atoms with Gasteiger partial charge in [0.15, 0.2) is 5.96 Å². The molecule has 3 N–H and O–H groups in total. The SMILES string of the molecule is CN=C(NCc1cccc(OC)c1)NCc1cccc(C(=O)NC)c1. The number of carbonyl (C=O) groups is 1. The van der Waals surface area contributed by atoms with Crippen molar-refractivity contribution >= 4 is 11.9 Å². The van der Waals surface area contributed by atoms with E-state index in [0.717, 1.165) is 16.9 Å². The minimum atomic E-state index is -0.0950. The second-order valence-electron chi connectivity index (χ2n) is 5.41. The fourth-order valence-electron chi connectivity index (χ4n) is 2.34. The molecule has 0 atom stereocenters. The molecular formula is C19H24N4O2. The Morgan fingerprint density at radius 1 is 1.04 bits per heavy atom. The van der Waals surface area contributed by atoms with Crippen LogP contribution in [0.4, 0.5) is 0 Å². The van der Waals surface area contributed by atoms with Gasteiger partial charge in [-0.25, -0.2) is 0 Å². The Morgan fingerprint density at radius 2 is 1.68 bits per heavy atom. The van der Waals surface area contributed by atoms with Crippen LogP contribution in [0.25, 0.3) is 0 Å². The number of ether oxygens (including phenoxy) is 1. The van der Waals surface area contributed by atoms with Gasteiger partial charge >= 0.3 is 0 Å². The van der Waals surface area contributed by atoms with Gasteiger partial charge in [0, 0.05) is 32.7 Å². The van der Waals surface area contributed by atoms with E-state index in [1.807, 2.05) is 42.5 Å². The van der Waals surface area contributed by atoms with Crippen molar-refractivity contribution in [2.24, 2.45) is 4.99 Å². The molecule has 2 aromatic rings. The summed E-state index contributed by atoms with van der Waals surface area (Å²) in [5.74, 6) is 1.42. The van der Waals surface area contributed by atoms with E-state index < -0.39 is 0 Å². The Kier molecular flexibility index (Phi) is 6.83. The lowest BCUT2D eigenvalue weighted by molar-refractivity contribution is 0.0963. The molecule has 1 amide bonds. The van der Waals surface area contributed by atoms with Gasteiger partial charge in [0.25, 0.3) is 5.91 Å². The zero-order valence-electron chi connectivity index (χ0n) is 14.8. The maximum absolute atomic E-state index is 11.7. The molecule has 0 saturated carbocycles. The molecule has 6 nitrogen and oxygen atoms in total. The molecule has 0 aliphatic heterocycles. The van der Waals surface area contributed by atoms with E-state index in [4.69, 9.17) is 4.74 Å². The maximum Gasteiger partial charge on any atom is 0.251 e. The maximum atomic E-state index is 11.7. The van der Waals surface area contributed by atoms with Crippen molar-refractivity contribution in [3.05, 3.63) is 65.2 Å². The topological polar surface area (TPSA) is 74.8 Å². The standard InChI is InChI=1S/C19H24N4O2/c1-20-18(24)16-8-4-6-14(10-16)12-22-19(21-2)23-13-15-7-5-9-17(11-15)25-3/h4-11H,12-13H2,1-3H3,(H,20,24)(H2,21,22,23). The predicted octanol–water partition coefficient (Wildman–Crippen LogP) is 1.92. The van der Waals surface area contributed by atoms with Crippen LogP contribution in [0.3, 0.4) is 0 Å². The van der Waals surface area contributed by atoms with Crippen LogP contribution in [0.2, 0.25) is 0 Å². The first-order valence-corrected chi connectivity index (χ1v) is 8.04. The van der Waals surface area contributed by atoms with Gasteiger partial charge in [-0.3, -0.25) is 9.79 Å². The predicted molar refractivity (Wildman–Crippen MR) is 99.9 cm³/mol. The van der Waals surface area contributed by atoms with Gasteiger partial charge in [0.05, 0.1) is 7.11 Å². The molecular weight excluding hydrogens is 316 g/mol. The molecule has 0 saturated heterocycles. The lowest BCUT2D eigenvalue weighted by Crippen LogP contribution is -2.36. The largest absolute Gasteiger partial charge is 0.497 e. The number of nitrogens with zero attached hydrogens (tertiary/aromatic N) is 1. The van der Waals surface area contributed by atoms with E-state index in [1.165, 1.54) is 0 Å². The summed E-state index contributed by atoms with van der Waals surface area (Å²) in [7, 11) is 5.00. The third-order valence-electron chi connectivity index (χ3n) is 3.69. The smallest absolute Gasteiger partial charge is 0.251 e. The van der Waals surface area contributed by atoms with Crippen molar-refractivity contribution in [2.75, 3.05) is 21.2 Å². The molecule has 0 bridgehead atoms. The van der Waals surface area contributed by atoms with E-state index in [9.17, 15) is 4.79 Å². The number of hydrogen-bond donors (Lipinski definition) is 3. The van der Waals surface area contributed by atoms with Crippen LogP contribution in [-0.2, 0) is 13.1 Å². The minimum Gasteiger partial charge on any atom is -0.497 e. The average Bonchev–Trinajstić information content (AvgIpc) is 2.67. The minimum absolute atomic E-state index is 0.0950. The van der Waals surface area contributed by atoms with Crippen LogP contribution in [0, 0.1) is 0 Å². The Morgan fingerprint density at radius 3 is 2.28 bits per heavy atom. The molecule has 0 radical (unpaired) electrons. The molecule has 0 heterocycles. The summed E-state index contributed by atoms with van der Waals surface area (Å²) in [4.78, 5) is 15.9. The molecule has 2 aromatic carbocycles. The summed E-state index contributed by atoms with van der Waals surface area (Å²) in [6.45, 7) is 1.21. The van der Waals surface area contributed by atoms with Gasteiger partial charge in [-0.1, -0.05) is 24.3 Å². The van der Waals surface area contributed by atoms with Crippen molar-refractivity contribution < 1.29 is 9.53 Å². The summed E-state index contributed by atoms with van der Waals surface area (Å²) in [5.41, 5.74) is 2.75. The molecule has 0 aliphatic carbocycles. The number of nitrogens with one attached hydrogen (secondary N) is 3. The second kappa shape index (κ2) is 9.32. The van der Waals surface area contributed by atoms with Crippen molar-refractivity contribution in [1.82, 2.24) is 16.0 Å². The highest BCUT2D eigenvalue weighted by atomic mass is 16.5. The van der Waals surface area contributed by atoms with E-state index >= 15 is 0 Å². The third kappa shape index (κ3) is 5.53. The van der Waals surface area contributed by atoms with Crippen LogP contribution in [0.5, 0.6) is 5.75 Å². The molecule has 0 fully saturated rings. The quantitative estimate of drug-likeness (QED) is 0.555. The van der Waals surface area contributed by atoms with Crippen LogP contribution in [-0.4, -0.2) is 33.1 Å². The van der Waals surface area contributed by atoms with E-state index in [2.05, 4.69) is 20.9 Å². The lowest BCUT2D eigenvalue weighted by atomic mass is 10.1. The van der Waals surface area contributed by atoms with Crippen molar-refractivity contribution in [3.63, 3.8) is 0 Å². The van der Waals surface area contributed by atoms with Crippen LogP contribution in [0.15, 0.2) is 53.5 Å². The highest BCUT2D eigenvalue weighted by Gasteiger charge is 2.04. The number of benzene rings is 2. The zero-order valence-corrected chi connectivity index (χ0v) is 14.8. The monoisotopic (exact) mass is 340 g/mol. The summed E-state index contributed by atoms with van der Waals surface area (Å²) >= 11 is 0. The average molecular weight is 340 g/mol. The van der Waals surface area contributed by atoms with E-state index in [0.29, 0.717) is 24.6 Å². The lowest BCUT2D eigenvalue weighted by Gasteiger charge is -2.13. The molecule has 0 aromatic heterocycles. The number of aliphatic imine (C=N–C) groups is 1. The number of amides is 1. The van der Waals surface area contributed by atoms with Gasteiger partial charge in [-0.05, 0) is 35.4 Å². The van der Waals surface area contributed by atoms with Gasteiger partial charge in [0.2, 0.25) is 0 Å². The molecule has 6 heteroatoms. The van der Waals surface area contributed by atoms with Gasteiger partial charge < -0.3 is 20.7 Å². The molecule has 25 heavy (non-hydrogen) atoms. The molecule has 2 rings (SSSR count). The zero-order chi connectivity index (χ0) is 18.1. The fraction of sp³-hybridized carbons (Fsp3) is 0.263. The third-order valence-corrected chi connectivity index (χ3v) is 3.69. The fourth-order valence-corrected chi connectivity index (χ4v) is 2.34. The van der Waals surface area contributed by atoms with Crippen LogP contribution >= 0.6 is 0 Å². The number of hydrogen-bond acceptors (Lipinski definition) is 3. The first-order valence-electron chi connectivity index (χ1n) is 8.04. The van der Waals surface area contributed by atoms with Crippen LogP contribution < -0.4 is 20.7 Å². The Labute approximate surface area is 148 Å². The van der Waals surface area contributed by atoms with E-state index in [1.54, 1.807) is 27.3 Å². The summed E-state index contributed by atoms with van der Waals surface area (Å²) in [6.07, 6.45) is 0. The van der Waals surface area contributed by atoms with E-state index in [-0.39, 0.29) is 5.91 Å². The normalized spacial score (nSPS) is 10.9. The molecule has 0 unspecified atom stereocenters. The Bertz CT molecular complexity index is 744. The molecule has 132 valence electrons. The Hall–Kier alpha value is -3.02. The highest BCUT2D eigenvalue weighted by molar-refractivity contribution is 5.94. The van der Waals surface area contributed by atoms with Crippen molar-refractivity contribution in [3.8, 4) is 5.75 Å². The van der Waals surface area contributed by atoms with Gasteiger partial charge in [-0.2, -0.15) is 0 Å². The van der Waals surface area contributed by atoms with Gasteiger partial charge in [-0.15, -0.1) is 0 Å². The number of guanidine groups is 1. The summed E-state index contributed by atoms with van der Waals surface area (Å²) < 4.78 is 5.23. The van der Waals surface area contributed by atoms with Crippen molar-refractivity contribution in [1.29, 1.82) is 0 Å². The van der Waals surface area contributed by atoms with Crippen molar-refractivity contribution in [2.45, 2.75) is 13.1 Å². The highest BCUT2D eigenvalue weighted by Crippen LogP contribution is 2.12. The second-order valence-corrected chi connectivity index (χ2v) is 5.41. The molecule has 0 spiro atoms. The number of methoxy groups -OCH3 is 1. The van der Waals surface area contributed by atoms with Crippen LogP contribution in [0.1, 0.15) is 21.5 Å². The molecule has 0 aliphatic rings. The summed E-state index contributed by atoms with van der Waals surface area (Å²) in [5, 5.41) is 9.13. The first-order chi connectivity index (χ1) is 12.2.